The van der Waals surface area contributed by atoms with Gasteiger partial charge in [-0.2, -0.15) is 0 Å². The van der Waals surface area contributed by atoms with Gasteiger partial charge in [-0.3, -0.25) is 4.79 Å². The highest BCUT2D eigenvalue weighted by Gasteiger charge is 2.13. The van der Waals surface area contributed by atoms with Gasteiger partial charge in [-0.05, 0) is 29.8 Å². The Morgan fingerprint density at radius 2 is 1.29 bits per heavy atom. The number of carbonyl (C=O) groups is 1. The lowest BCUT2D eigenvalue weighted by Gasteiger charge is -2.09. The molecule has 0 fully saturated rings. The molecule has 0 bridgehead atoms. The van der Waals surface area contributed by atoms with Crippen molar-refractivity contribution < 1.29 is 4.79 Å². The van der Waals surface area contributed by atoms with Gasteiger partial charge in [0.05, 0.1) is 0 Å². The van der Waals surface area contributed by atoms with Crippen LogP contribution in [0.5, 0.6) is 0 Å². The number of allylic oxidation sites excluding steroid dienone is 1. The predicted octanol–water partition coefficient (Wildman–Crippen LogP) is 5.68. The summed E-state index contributed by atoms with van der Waals surface area (Å²) in [6.07, 6.45) is 1.74. The number of anilines is 1. The van der Waals surface area contributed by atoms with Crippen molar-refractivity contribution in [1.82, 2.24) is 0 Å². The molecule has 2 nitrogen and oxygen atoms in total. The fraction of sp³-hybridized carbons (Fsp3) is 0. The normalized spacial score (nSPS) is 11.1. The first-order chi connectivity index (χ1) is 11.7. The number of halogens is 1. The molecule has 3 heteroatoms. The molecule has 0 aromatic heterocycles. The van der Waals surface area contributed by atoms with Crippen molar-refractivity contribution in [2.75, 3.05) is 5.32 Å². The van der Waals surface area contributed by atoms with Crippen LogP contribution in [-0.4, -0.2) is 5.78 Å². The maximum atomic E-state index is 12.9. The zero-order chi connectivity index (χ0) is 16.8. The van der Waals surface area contributed by atoms with E-state index in [0.717, 1.165) is 11.3 Å². The van der Waals surface area contributed by atoms with Crippen LogP contribution in [0.15, 0.2) is 91.1 Å². The lowest BCUT2D eigenvalue weighted by atomic mass is 9.97. The lowest BCUT2D eigenvalue weighted by molar-refractivity contribution is 0.105. The minimum Gasteiger partial charge on any atom is -0.361 e. The molecule has 1 N–H and O–H groups in total. The maximum Gasteiger partial charge on any atom is 0.195 e. The maximum absolute atomic E-state index is 12.9. The Morgan fingerprint density at radius 3 is 1.88 bits per heavy atom. The molecule has 3 aromatic rings. The number of hydrogen-bond donors (Lipinski definition) is 1. The summed E-state index contributed by atoms with van der Waals surface area (Å²) in [5.74, 6) is -0.0248. The van der Waals surface area contributed by atoms with E-state index >= 15 is 0 Å². The molecule has 3 aromatic carbocycles. The van der Waals surface area contributed by atoms with Crippen LogP contribution in [0.4, 0.5) is 5.69 Å². The van der Waals surface area contributed by atoms with E-state index in [1.54, 1.807) is 18.3 Å². The molecule has 0 saturated carbocycles. The van der Waals surface area contributed by atoms with Gasteiger partial charge in [-0.25, -0.2) is 0 Å². The molecule has 0 atom stereocenters. The molecule has 0 aliphatic carbocycles. The molecule has 3 rings (SSSR count). The topological polar surface area (TPSA) is 29.1 Å². The first kappa shape index (κ1) is 16.0. The van der Waals surface area contributed by atoms with Crippen molar-refractivity contribution in [3.63, 3.8) is 0 Å². The second-order valence-electron chi connectivity index (χ2n) is 5.27. The summed E-state index contributed by atoms with van der Waals surface area (Å²) in [6.45, 7) is 0. The van der Waals surface area contributed by atoms with E-state index in [2.05, 4.69) is 5.32 Å². The zero-order valence-electron chi connectivity index (χ0n) is 12.9. The Morgan fingerprint density at radius 1 is 0.750 bits per heavy atom. The van der Waals surface area contributed by atoms with Gasteiger partial charge in [0.1, 0.15) is 0 Å². The van der Waals surface area contributed by atoms with E-state index in [0.29, 0.717) is 16.2 Å². The van der Waals surface area contributed by atoms with Crippen molar-refractivity contribution in [3.8, 4) is 0 Å². The molecule has 118 valence electrons. The number of nitrogens with one attached hydrogen (secondary N) is 1. The molecular weight excluding hydrogens is 318 g/mol. The summed E-state index contributed by atoms with van der Waals surface area (Å²) in [6, 6.07) is 26.2. The molecule has 0 radical (unpaired) electrons. The van der Waals surface area contributed by atoms with Crippen molar-refractivity contribution >= 4 is 28.6 Å². The first-order valence-electron chi connectivity index (χ1n) is 7.61. The van der Waals surface area contributed by atoms with Gasteiger partial charge < -0.3 is 5.32 Å². The Balaban J connectivity index is 1.94. The van der Waals surface area contributed by atoms with Crippen molar-refractivity contribution in [3.05, 3.63) is 107 Å². The van der Waals surface area contributed by atoms with Crippen LogP contribution in [0, 0.1) is 0 Å². The summed E-state index contributed by atoms with van der Waals surface area (Å²) < 4.78 is 0. The van der Waals surface area contributed by atoms with Gasteiger partial charge in [-0.1, -0.05) is 72.3 Å². The molecule has 0 spiro atoms. The largest absolute Gasteiger partial charge is 0.361 e. The standard InChI is InChI=1S/C21H16ClNO/c22-18-11-13-19(14-12-18)23-15-20(16-7-3-1-4-8-16)21(24)17-9-5-2-6-10-17/h1-15,23H/b20-15-. The summed E-state index contributed by atoms with van der Waals surface area (Å²) in [4.78, 5) is 12.9. The lowest BCUT2D eigenvalue weighted by Crippen LogP contribution is -2.05. The van der Waals surface area contributed by atoms with Crippen molar-refractivity contribution in [1.29, 1.82) is 0 Å². The second-order valence-corrected chi connectivity index (χ2v) is 5.71. The van der Waals surface area contributed by atoms with E-state index < -0.39 is 0 Å². The predicted molar refractivity (Wildman–Crippen MR) is 100 cm³/mol. The summed E-state index contributed by atoms with van der Waals surface area (Å²) in [7, 11) is 0. The molecule has 24 heavy (non-hydrogen) atoms. The highest BCUT2D eigenvalue weighted by atomic mass is 35.5. The minimum atomic E-state index is -0.0248. The SMILES string of the molecule is O=C(/C(=C\Nc1ccc(Cl)cc1)c1ccccc1)c1ccccc1. The third kappa shape index (κ3) is 3.92. The van der Waals surface area contributed by atoms with Gasteiger partial charge in [0.15, 0.2) is 5.78 Å². The first-order valence-corrected chi connectivity index (χ1v) is 7.99. The smallest absolute Gasteiger partial charge is 0.195 e. The fourth-order valence-electron chi connectivity index (χ4n) is 2.34. The van der Waals surface area contributed by atoms with E-state index in [1.165, 1.54) is 0 Å². The van der Waals surface area contributed by atoms with Crippen LogP contribution in [0.3, 0.4) is 0 Å². The number of rotatable bonds is 5. The highest BCUT2D eigenvalue weighted by Crippen LogP contribution is 2.21. The van der Waals surface area contributed by atoms with Crippen molar-refractivity contribution in [2.24, 2.45) is 0 Å². The second kappa shape index (κ2) is 7.62. The van der Waals surface area contributed by atoms with E-state index in [4.69, 9.17) is 11.6 Å². The number of benzene rings is 3. The van der Waals surface area contributed by atoms with Crippen molar-refractivity contribution in [2.45, 2.75) is 0 Å². The fourth-order valence-corrected chi connectivity index (χ4v) is 2.47. The summed E-state index contributed by atoms with van der Waals surface area (Å²) in [5.41, 5.74) is 3.00. The van der Waals surface area contributed by atoms with Crippen LogP contribution in [-0.2, 0) is 0 Å². The van der Waals surface area contributed by atoms with Gasteiger partial charge >= 0.3 is 0 Å². The Labute approximate surface area is 146 Å². The number of ketones is 1. The van der Waals surface area contributed by atoms with Crippen LogP contribution in [0.2, 0.25) is 5.02 Å². The summed E-state index contributed by atoms with van der Waals surface area (Å²) >= 11 is 5.90. The third-order valence-corrected chi connectivity index (χ3v) is 3.84. The quantitative estimate of drug-likeness (QED) is 0.481. The average Bonchev–Trinajstić information content (AvgIpc) is 2.65. The van der Waals surface area contributed by atoms with Crippen LogP contribution in [0.1, 0.15) is 15.9 Å². The monoisotopic (exact) mass is 333 g/mol. The molecule has 0 unspecified atom stereocenters. The van der Waals surface area contributed by atoms with Gasteiger partial charge in [-0.15, -0.1) is 0 Å². The highest BCUT2D eigenvalue weighted by molar-refractivity contribution is 6.30. The molecular formula is C21H16ClNO. The Kier molecular flexibility index (Phi) is 5.09. The van der Waals surface area contributed by atoms with Crippen LogP contribution in [0.25, 0.3) is 5.57 Å². The Hall–Kier alpha value is -2.84. The Bertz CT molecular complexity index is 840. The summed E-state index contributed by atoms with van der Waals surface area (Å²) in [5, 5.41) is 3.85. The molecule has 0 aliphatic heterocycles. The van der Waals surface area contributed by atoms with E-state index in [1.807, 2.05) is 72.8 Å². The number of hydrogen-bond acceptors (Lipinski definition) is 2. The van der Waals surface area contributed by atoms with E-state index in [9.17, 15) is 4.79 Å². The van der Waals surface area contributed by atoms with Gasteiger partial charge in [0.25, 0.3) is 0 Å². The number of Topliss-reactive ketones (excluding diaryl/α,β-unsaturated/α-hetero) is 1. The van der Waals surface area contributed by atoms with Gasteiger partial charge in [0.2, 0.25) is 0 Å². The minimum absolute atomic E-state index is 0.0248. The zero-order valence-corrected chi connectivity index (χ0v) is 13.7. The third-order valence-electron chi connectivity index (χ3n) is 3.59. The van der Waals surface area contributed by atoms with E-state index in [-0.39, 0.29) is 5.78 Å². The molecule has 0 amide bonds. The average molecular weight is 334 g/mol. The van der Waals surface area contributed by atoms with Crippen LogP contribution < -0.4 is 5.32 Å². The van der Waals surface area contributed by atoms with Gasteiger partial charge in [0, 0.05) is 28.0 Å². The number of carbonyl (C=O) groups excluding carboxylic acids is 1. The molecule has 0 saturated heterocycles. The molecule has 0 aliphatic rings. The van der Waals surface area contributed by atoms with Crippen LogP contribution >= 0.6 is 11.6 Å². The molecule has 0 heterocycles.